The maximum Gasteiger partial charge on any atom is 0.233 e. The number of aryl methyl sites for hydroxylation is 1. The van der Waals surface area contributed by atoms with Crippen molar-refractivity contribution in [2.45, 2.75) is 37.5 Å². The summed E-state index contributed by atoms with van der Waals surface area (Å²) in [7, 11) is -2.87. The summed E-state index contributed by atoms with van der Waals surface area (Å²) in [6, 6.07) is 8.44. The normalized spacial score (nSPS) is 26.6. The molecule has 3 rings (SSSR count). The van der Waals surface area contributed by atoms with Crippen LogP contribution in [0.15, 0.2) is 24.3 Å². The molecule has 0 aromatic heterocycles. The number of hydrogen-bond donors (Lipinski definition) is 0. The first-order chi connectivity index (χ1) is 11.0. The first kappa shape index (κ1) is 16.8. The van der Waals surface area contributed by atoms with Crippen molar-refractivity contribution in [2.24, 2.45) is 0 Å². The molecule has 0 radical (unpaired) electrons. The van der Waals surface area contributed by atoms with Gasteiger partial charge in [-0.1, -0.05) is 24.3 Å². The fourth-order valence-electron chi connectivity index (χ4n) is 3.51. The molecule has 2 heterocycles. The van der Waals surface area contributed by atoms with Crippen molar-refractivity contribution in [1.82, 2.24) is 4.90 Å². The molecular weight excluding hydrogens is 330 g/mol. The molecule has 6 heteroatoms. The molecule has 2 aliphatic rings. The number of thioether (sulfide) groups is 1. The third-order valence-electron chi connectivity index (χ3n) is 4.75. The van der Waals surface area contributed by atoms with Crippen molar-refractivity contribution in [3.05, 3.63) is 35.4 Å². The van der Waals surface area contributed by atoms with Gasteiger partial charge in [0.05, 0.1) is 23.3 Å². The summed E-state index contributed by atoms with van der Waals surface area (Å²) in [5, 5.41) is 0.0865. The average molecular weight is 354 g/mol. The van der Waals surface area contributed by atoms with Crippen LogP contribution in [0.2, 0.25) is 0 Å². The standard InChI is InChI=1S/C17H23NO3S2/c1-13-5-2-3-6-15(13)16-7-4-9-18(16)17(19)11-22-14-8-10-23(20,21)12-14/h2-3,5-6,14,16H,4,7-12H2,1H3/t14-,16+/m0/s1. The van der Waals surface area contributed by atoms with Crippen LogP contribution in [0, 0.1) is 6.92 Å². The summed E-state index contributed by atoms with van der Waals surface area (Å²) < 4.78 is 23.0. The van der Waals surface area contributed by atoms with Gasteiger partial charge in [-0.05, 0) is 37.3 Å². The third kappa shape index (κ3) is 3.91. The molecule has 0 unspecified atom stereocenters. The van der Waals surface area contributed by atoms with Gasteiger partial charge in [0.1, 0.15) is 0 Å². The highest BCUT2D eigenvalue weighted by Gasteiger charge is 2.33. The Hall–Kier alpha value is -1.01. The highest BCUT2D eigenvalue weighted by atomic mass is 32.2. The van der Waals surface area contributed by atoms with Gasteiger partial charge in [0.2, 0.25) is 5.91 Å². The monoisotopic (exact) mass is 353 g/mol. The van der Waals surface area contributed by atoms with E-state index in [1.807, 2.05) is 17.0 Å². The molecular formula is C17H23NO3S2. The van der Waals surface area contributed by atoms with Crippen molar-refractivity contribution in [3.63, 3.8) is 0 Å². The van der Waals surface area contributed by atoms with Crippen LogP contribution in [0.25, 0.3) is 0 Å². The molecule has 2 fully saturated rings. The molecule has 23 heavy (non-hydrogen) atoms. The molecule has 0 saturated carbocycles. The van der Waals surface area contributed by atoms with E-state index in [0.717, 1.165) is 19.4 Å². The van der Waals surface area contributed by atoms with Gasteiger partial charge < -0.3 is 4.90 Å². The van der Waals surface area contributed by atoms with E-state index in [0.29, 0.717) is 12.2 Å². The molecule has 2 aliphatic heterocycles. The number of likely N-dealkylation sites (tertiary alicyclic amines) is 1. The lowest BCUT2D eigenvalue weighted by Gasteiger charge is -2.26. The Kier molecular flexibility index (Phi) is 5.01. The van der Waals surface area contributed by atoms with Gasteiger partial charge in [-0.15, -0.1) is 11.8 Å². The molecule has 2 saturated heterocycles. The van der Waals surface area contributed by atoms with E-state index >= 15 is 0 Å². The van der Waals surface area contributed by atoms with Gasteiger partial charge in [-0.25, -0.2) is 8.42 Å². The van der Waals surface area contributed by atoms with Crippen molar-refractivity contribution >= 4 is 27.5 Å². The summed E-state index contributed by atoms with van der Waals surface area (Å²) in [6.07, 6.45) is 2.73. The number of carbonyl (C=O) groups is 1. The molecule has 0 spiro atoms. The lowest BCUT2D eigenvalue weighted by Crippen LogP contribution is -2.32. The Morgan fingerprint density at radius 2 is 2.09 bits per heavy atom. The predicted octanol–water partition coefficient (Wildman–Crippen LogP) is 2.58. The number of rotatable bonds is 4. The SMILES string of the molecule is Cc1ccccc1[C@H]1CCCN1C(=O)CS[C@H]1CCS(=O)(=O)C1. The minimum atomic E-state index is -2.87. The van der Waals surface area contributed by atoms with Crippen LogP contribution in [0.1, 0.15) is 36.4 Å². The van der Waals surface area contributed by atoms with E-state index < -0.39 is 9.84 Å². The topological polar surface area (TPSA) is 54.5 Å². The van der Waals surface area contributed by atoms with E-state index in [9.17, 15) is 13.2 Å². The van der Waals surface area contributed by atoms with Crippen LogP contribution >= 0.6 is 11.8 Å². The average Bonchev–Trinajstić information content (AvgIpc) is 3.12. The Labute approximate surface area is 142 Å². The molecule has 126 valence electrons. The van der Waals surface area contributed by atoms with E-state index in [1.165, 1.54) is 22.9 Å². The summed E-state index contributed by atoms with van der Waals surface area (Å²) >= 11 is 1.51. The molecule has 1 aromatic carbocycles. The molecule has 4 nitrogen and oxygen atoms in total. The van der Waals surface area contributed by atoms with Gasteiger partial charge in [-0.3, -0.25) is 4.79 Å². The zero-order chi connectivity index (χ0) is 16.4. The summed E-state index contributed by atoms with van der Waals surface area (Å²) in [6.45, 7) is 2.90. The van der Waals surface area contributed by atoms with E-state index in [1.54, 1.807) is 0 Å². The molecule has 1 amide bonds. The fraction of sp³-hybridized carbons (Fsp3) is 0.588. The number of sulfone groups is 1. The Bertz CT molecular complexity index is 687. The second-order valence-corrected chi connectivity index (χ2v) is 9.96. The van der Waals surface area contributed by atoms with Crippen LogP contribution in [-0.4, -0.2) is 48.3 Å². The van der Waals surface area contributed by atoms with Crippen molar-refractivity contribution < 1.29 is 13.2 Å². The molecule has 0 N–H and O–H groups in total. The van der Waals surface area contributed by atoms with Crippen molar-refractivity contribution in [3.8, 4) is 0 Å². The third-order valence-corrected chi connectivity index (χ3v) is 8.02. The fourth-order valence-corrected chi connectivity index (χ4v) is 7.04. The molecule has 2 atom stereocenters. The lowest BCUT2D eigenvalue weighted by atomic mass is 9.99. The largest absolute Gasteiger partial charge is 0.335 e. The lowest BCUT2D eigenvalue weighted by molar-refractivity contribution is -0.129. The Morgan fingerprint density at radius 3 is 2.78 bits per heavy atom. The Morgan fingerprint density at radius 1 is 1.30 bits per heavy atom. The second kappa shape index (κ2) is 6.85. The maximum atomic E-state index is 12.6. The summed E-state index contributed by atoms with van der Waals surface area (Å²) in [5.41, 5.74) is 2.47. The van der Waals surface area contributed by atoms with Gasteiger partial charge in [-0.2, -0.15) is 0 Å². The number of amides is 1. The van der Waals surface area contributed by atoms with Crippen molar-refractivity contribution in [1.29, 1.82) is 0 Å². The van der Waals surface area contributed by atoms with Crippen LogP contribution in [0.5, 0.6) is 0 Å². The first-order valence-corrected chi connectivity index (χ1v) is 11.0. The van der Waals surface area contributed by atoms with Gasteiger partial charge in [0.15, 0.2) is 9.84 Å². The number of hydrogen-bond acceptors (Lipinski definition) is 4. The van der Waals surface area contributed by atoms with Gasteiger partial charge >= 0.3 is 0 Å². The highest BCUT2D eigenvalue weighted by molar-refractivity contribution is 8.02. The van der Waals surface area contributed by atoms with E-state index in [2.05, 4.69) is 19.1 Å². The predicted molar refractivity (Wildman–Crippen MR) is 94.4 cm³/mol. The van der Waals surface area contributed by atoms with Crippen LogP contribution in [0.3, 0.4) is 0 Å². The first-order valence-electron chi connectivity index (χ1n) is 8.13. The number of nitrogens with zero attached hydrogens (tertiary/aromatic N) is 1. The maximum absolute atomic E-state index is 12.6. The summed E-state index contributed by atoms with van der Waals surface area (Å²) in [5.74, 6) is 1.04. The zero-order valence-corrected chi connectivity index (χ0v) is 15.0. The van der Waals surface area contributed by atoms with Gasteiger partial charge in [0, 0.05) is 11.8 Å². The quantitative estimate of drug-likeness (QED) is 0.835. The Balaban J connectivity index is 1.61. The van der Waals surface area contributed by atoms with E-state index in [-0.39, 0.29) is 28.7 Å². The van der Waals surface area contributed by atoms with Gasteiger partial charge in [0.25, 0.3) is 0 Å². The number of carbonyl (C=O) groups excluding carboxylic acids is 1. The van der Waals surface area contributed by atoms with Crippen LogP contribution in [-0.2, 0) is 14.6 Å². The van der Waals surface area contributed by atoms with Crippen LogP contribution < -0.4 is 0 Å². The molecule has 0 bridgehead atoms. The smallest absolute Gasteiger partial charge is 0.233 e. The number of benzene rings is 1. The van der Waals surface area contributed by atoms with E-state index in [4.69, 9.17) is 0 Å². The summed E-state index contributed by atoms with van der Waals surface area (Å²) in [4.78, 5) is 14.6. The molecule has 1 aromatic rings. The molecule has 0 aliphatic carbocycles. The second-order valence-electron chi connectivity index (χ2n) is 6.44. The van der Waals surface area contributed by atoms with Crippen molar-refractivity contribution in [2.75, 3.05) is 23.8 Å². The minimum absolute atomic E-state index is 0.0865. The van der Waals surface area contributed by atoms with Crippen LogP contribution in [0.4, 0.5) is 0 Å². The zero-order valence-electron chi connectivity index (χ0n) is 13.4. The minimum Gasteiger partial charge on any atom is -0.335 e. The highest BCUT2D eigenvalue weighted by Crippen LogP contribution is 2.34.